The smallest absolute Gasteiger partial charge is 0.0106 e. The molecular formula is C23H26NPS. The molecule has 0 radical (unpaired) electrons. The van der Waals surface area contributed by atoms with Gasteiger partial charge in [-0.25, -0.2) is 0 Å². The van der Waals surface area contributed by atoms with Gasteiger partial charge in [0.15, 0.2) is 0 Å². The van der Waals surface area contributed by atoms with E-state index in [1.165, 1.54) is 27.2 Å². The van der Waals surface area contributed by atoms with Crippen LogP contribution in [0.4, 0.5) is 0 Å². The van der Waals surface area contributed by atoms with Gasteiger partial charge in [0.25, 0.3) is 0 Å². The van der Waals surface area contributed by atoms with E-state index in [0.29, 0.717) is 0 Å². The van der Waals surface area contributed by atoms with Gasteiger partial charge in [-0.1, -0.05) is 78.4 Å². The van der Waals surface area contributed by atoms with Crippen molar-refractivity contribution >= 4 is 30.3 Å². The molecule has 134 valence electrons. The van der Waals surface area contributed by atoms with Gasteiger partial charge < -0.3 is 5.32 Å². The SMILES string of the molecule is Cc1ccc(SCCNCCP(c2ccccc2)c2ccccc2)cc1. The van der Waals surface area contributed by atoms with Crippen molar-refractivity contribution in [3.05, 3.63) is 90.5 Å². The molecule has 0 aliphatic carbocycles. The van der Waals surface area contributed by atoms with Crippen LogP contribution in [0, 0.1) is 6.92 Å². The van der Waals surface area contributed by atoms with Crippen LogP contribution in [0.25, 0.3) is 0 Å². The number of benzene rings is 3. The van der Waals surface area contributed by atoms with Gasteiger partial charge in [0, 0.05) is 17.2 Å². The van der Waals surface area contributed by atoms with Crippen LogP contribution in [0.15, 0.2) is 89.8 Å². The fourth-order valence-electron chi connectivity index (χ4n) is 2.81. The first-order chi connectivity index (χ1) is 12.8. The van der Waals surface area contributed by atoms with Crippen LogP contribution in [-0.2, 0) is 0 Å². The second-order valence-electron chi connectivity index (χ2n) is 6.23. The van der Waals surface area contributed by atoms with Crippen molar-refractivity contribution in [2.24, 2.45) is 0 Å². The average molecular weight is 380 g/mol. The van der Waals surface area contributed by atoms with E-state index >= 15 is 0 Å². The van der Waals surface area contributed by atoms with Crippen LogP contribution >= 0.6 is 19.7 Å². The summed E-state index contributed by atoms with van der Waals surface area (Å²) in [7, 11) is -0.289. The lowest BCUT2D eigenvalue weighted by molar-refractivity contribution is 0.773. The van der Waals surface area contributed by atoms with E-state index in [-0.39, 0.29) is 7.92 Å². The summed E-state index contributed by atoms with van der Waals surface area (Å²) >= 11 is 1.92. The molecule has 0 unspecified atom stereocenters. The molecule has 0 heterocycles. The highest BCUT2D eigenvalue weighted by atomic mass is 32.2. The quantitative estimate of drug-likeness (QED) is 0.325. The molecule has 0 aliphatic heterocycles. The van der Waals surface area contributed by atoms with E-state index < -0.39 is 0 Å². The summed E-state index contributed by atoms with van der Waals surface area (Å²) in [5.41, 5.74) is 1.32. The molecule has 3 heteroatoms. The van der Waals surface area contributed by atoms with Gasteiger partial charge in [0.2, 0.25) is 0 Å². The third-order valence-corrected chi connectivity index (χ3v) is 7.74. The summed E-state index contributed by atoms with van der Waals surface area (Å²) < 4.78 is 0. The van der Waals surface area contributed by atoms with Crippen molar-refractivity contribution in [2.75, 3.05) is 25.0 Å². The van der Waals surface area contributed by atoms with Crippen LogP contribution in [0.3, 0.4) is 0 Å². The summed E-state index contributed by atoms with van der Waals surface area (Å²) in [6.07, 6.45) is 1.18. The van der Waals surface area contributed by atoms with Gasteiger partial charge in [0.05, 0.1) is 0 Å². The van der Waals surface area contributed by atoms with Crippen molar-refractivity contribution in [2.45, 2.75) is 11.8 Å². The van der Waals surface area contributed by atoms with Gasteiger partial charge >= 0.3 is 0 Å². The monoisotopic (exact) mass is 379 g/mol. The van der Waals surface area contributed by atoms with Gasteiger partial charge in [-0.15, -0.1) is 11.8 Å². The molecule has 1 N–H and O–H groups in total. The summed E-state index contributed by atoms with van der Waals surface area (Å²) in [5.74, 6) is 1.11. The van der Waals surface area contributed by atoms with Gasteiger partial charge in [-0.2, -0.15) is 0 Å². The Morgan fingerprint density at radius 1 is 0.731 bits per heavy atom. The largest absolute Gasteiger partial charge is 0.316 e. The molecule has 3 aromatic carbocycles. The van der Waals surface area contributed by atoms with Gasteiger partial charge in [-0.05, 0) is 50.3 Å². The summed E-state index contributed by atoms with van der Waals surface area (Å²) in [4.78, 5) is 1.35. The lowest BCUT2D eigenvalue weighted by Crippen LogP contribution is -2.24. The topological polar surface area (TPSA) is 12.0 Å². The summed E-state index contributed by atoms with van der Waals surface area (Å²) in [6, 6.07) is 30.7. The highest BCUT2D eigenvalue weighted by Crippen LogP contribution is 2.32. The highest BCUT2D eigenvalue weighted by molar-refractivity contribution is 7.99. The molecule has 0 amide bonds. The molecule has 0 saturated heterocycles. The molecule has 0 aromatic heterocycles. The average Bonchev–Trinajstić information content (AvgIpc) is 2.70. The Bertz CT molecular complexity index is 720. The summed E-state index contributed by atoms with van der Waals surface area (Å²) in [5, 5.41) is 6.56. The van der Waals surface area contributed by atoms with Crippen molar-refractivity contribution < 1.29 is 0 Å². The lowest BCUT2D eigenvalue weighted by atomic mass is 10.2. The second kappa shape index (κ2) is 10.5. The fourth-order valence-corrected chi connectivity index (χ4v) is 5.89. The number of aryl methyl sites for hydroxylation is 1. The Hall–Kier alpha value is -1.60. The van der Waals surface area contributed by atoms with Crippen LogP contribution < -0.4 is 15.9 Å². The van der Waals surface area contributed by atoms with Crippen molar-refractivity contribution in [3.63, 3.8) is 0 Å². The molecule has 3 rings (SSSR count). The maximum atomic E-state index is 3.63. The first-order valence-electron chi connectivity index (χ1n) is 9.11. The molecule has 0 spiro atoms. The zero-order valence-corrected chi connectivity index (χ0v) is 17.0. The standard InChI is InChI=1S/C23H26NPS/c1-20-12-14-23(15-13-20)26-19-17-24-16-18-25(21-8-4-2-5-9-21)22-10-6-3-7-11-22/h2-15,24H,16-19H2,1H3. The maximum absolute atomic E-state index is 3.63. The van der Waals surface area contributed by atoms with Crippen LogP contribution in [0.1, 0.15) is 5.56 Å². The predicted octanol–water partition coefficient (Wildman–Crippen LogP) is 4.81. The molecule has 26 heavy (non-hydrogen) atoms. The normalized spacial score (nSPS) is 11.0. The molecule has 0 saturated carbocycles. The van der Waals surface area contributed by atoms with Crippen LogP contribution in [-0.4, -0.2) is 25.0 Å². The van der Waals surface area contributed by atoms with Crippen LogP contribution in [0.5, 0.6) is 0 Å². The Balaban J connectivity index is 1.47. The molecule has 3 aromatic rings. The van der Waals surface area contributed by atoms with E-state index in [1.807, 2.05) is 11.8 Å². The lowest BCUT2D eigenvalue weighted by Gasteiger charge is -2.19. The first-order valence-corrected chi connectivity index (χ1v) is 11.6. The Labute approximate surface area is 163 Å². The van der Waals surface area contributed by atoms with Crippen molar-refractivity contribution in [1.82, 2.24) is 5.32 Å². The second-order valence-corrected chi connectivity index (χ2v) is 9.74. The minimum absolute atomic E-state index is 0.289. The molecule has 1 nitrogen and oxygen atoms in total. The number of thioether (sulfide) groups is 1. The predicted molar refractivity (Wildman–Crippen MR) is 119 cm³/mol. The number of rotatable bonds is 9. The number of nitrogens with one attached hydrogen (secondary N) is 1. The Morgan fingerprint density at radius 2 is 1.31 bits per heavy atom. The van der Waals surface area contributed by atoms with E-state index in [4.69, 9.17) is 0 Å². The zero-order chi connectivity index (χ0) is 18.0. The molecule has 0 fully saturated rings. The van der Waals surface area contributed by atoms with E-state index in [1.54, 1.807) is 0 Å². The molecular weight excluding hydrogens is 353 g/mol. The highest BCUT2D eigenvalue weighted by Gasteiger charge is 2.12. The summed E-state index contributed by atoms with van der Waals surface area (Å²) in [6.45, 7) is 4.24. The third-order valence-electron chi connectivity index (χ3n) is 4.22. The minimum atomic E-state index is -0.289. The number of hydrogen-bond acceptors (Lipinski definition) is 2. The fraction of sp³-hybridized carbons (Fsp3) is 0.217. The third kappa shape index (κ3) is 5.99. The van der Waals surface area contributed by atoms with Gasteiger partial charge in [0.1, 0.15) is 0 Å². The van der Waals surface area contributed by atoms with E-state index in [2.05, 4.69) is 97.2 Å². The van der Waals surface area contributed by atoms with E-state index in [9.17, 15) is 0 Å². The van der Waals surface area contributed by atoms with Gasteiger partial charge in [-0.3, -0.25) is 0 Å². The number of hydrogen-bond donors (Lipinski definition) is 1. The zero-order valence-electron chi connectivity index (χ0n) is 15.3. The van der Waals surface area contributed by atoms with E-state index in [0.717, 1.165) is 18.8 Å². The maximum Gasteiger partial charge on any atom is 0.0106 e. The minimum Gasteiger partial charge on any atom is -0.316 e. The van der Waals surface area contributed by atoms with Crippen LogP contribution in [0.2, 0.25) is 0 Å². The van der Waals surface area contributed by atoms with Crippen molar-refractivity contribution in [3.8, 4) is 0 Å². The van der Waals surface area contributed by atoms with Crippen molar-refractivity contribution in [1.29, 1.82) is 0 Å². The first kappa shape index (κ1) is 19.2. The molecule has 0 aliphatic rings. The molecule has 0 atom stereocenters. The molecule has 0 bridgehead atoms. The Kier molecular flexibility index (Phi) is 7.76. The Morgan fingerprint density at radius 3 is 1.88 bits per heavy atom.